The summed E-state index contributed by atoms with van der Waals surface area (Å²) in [6, 6.07) is 10.6. The number of ether oxygens (including phenoxy) is 2. The number of amides is 1. The summed E-state index contributed by atoms with van der Waals surface area (Å²) in [7, 11) is 3.02. The van der Waals surface area contributed by atoms with Gasteiger partial charge in [-0.05, 0) is 24.6 Å². The molecule has 1 N–H and O–H groups in total. The maximum absolute atomic E-state index is 13.1. The average Bonchev–Trinajstić information content (AvgIpc) is 3.17. The van der Waals surface area contributed by atoms with E-state index in [0.29, 0.717) is 38.9 Å². The number of nitrogens with zero attached hydrogens (tertiary/aromatic N) is 4. The van der Waals surface area contributed by atoms with Crippen LogP contribution in [0.15, 0.2) is 41.2 Å². The lowest BCUT2D eigenvalue weighted by molar-refractivity contribution is -0.121. The monoisotopic (exact) mass is 441 g/mol. The van der Waals surface area contributed by atoms with Gasteiger partial charge >= 0.3 is 5.69 Å². The molecule has 0 saturated carbocycles. The van der Waals surface area contributed by atoms with E-state index in [9.17, 15) is 9.59 Å². The molecule has 0 aliphatic carbocycles. The van der Waals surface area contributed by atoms with E-state index in [4.69, 9.17) is 21.1 Å². The second-order valence-corrected chi connectivity index (χ2v) is 7.26. The molecule has 10 heteroatoms. The normalized spacial score (nSPS) is 11.1. The largest absolute Gasteiger partial charge is 0.493 e. The fourth-order valence-corrected chi connectivity index (χ4v) is 3.60. The number of benzene rings is 2. The van der Waals surface area contributed by atoms with Crippen molar-refractivity contribution in [3.8, 4) is 11.5 Å². The summed E-state index contributed by atoms with van der Waals surface area (Å²) in [4.78, 5) is 30.2. The first-order chi connectivity index (χ1) is 14.9. The molecule has 0 atom stereocenters. The van der Waals surface area contributed by atoms with Crippen LogP contribution in [0.25, 0.3) is 16.6 Å². The molecule has 0 saturated heterocycles. The molecule has 2 aromatic heterocycles. The third-order valence-electron chi connectivity index (χ3n) is 4.89. The summed E-state index contributed by atoms with van der Waals surface area (Å²) < 4.78 is 13.3. The summed E-state index contributed by atoms with van der Waals surface area (Å²) in [5.74, 6) is 0.995. The van der Waals surface area contributed by atoms with Gasteiger partial charge in [0.1, 0.15) is 12.4 Å². The lowest BCUT2D eigenvalue weighted by Gasteiger charge is -2.14. The number of methoxy groups -OCH3 is 2. The Bertz CT molecular complexity index is 1360. The quantitative estimate of drug-likeness (QED) is 0.493. The first-order valence-corrected chi connectivity index (χ1v) is 9.82. The molecule has 0 radical (unpaired) electrons. The van der Waals surface area contributed by atoms with Gasteiger partial charge in [0.2, 0.25) is 5.91 Å². The highest BCUT2D eigenvalue weighted by Crippen LogP contribution is 2.33. The summed E-state index contributed by atoms with van der Waals surface area (Å²) in [5.41, 5.74) is 1.16. The Morgan fingerprint density at radius 2 is 1.87 bits per heavy atom. The van der Waals surface area contributed by atoms with Crippen LogP contribution in [0.3, 0.4) is 0 Å². The van der Waals surface area contributed by atoms with Gasteiger partial charge < -0.3 is 14.8 Å². The minimum atomic E-state index is -0.483. The number of fused-ring (bicyclic) bond motifs is 3. The molecule has 0 aliphatic rings. The van der Waals surface area contributed by atoms with E-state index in [1.54, 1.807) is 25.1 Å². The molecule has 2 aromatic carbocycles. The van der Waals surface area contributed by atoms with Gasteiger partial charge in [-0.2, -0.15) is 4.52 Å². The van der Waals surface area contributed by atoms with E-state index in [1.807, 2.05) is 18.2 Å². The molecular weight excluding hydrogens is 422 g/mol. The highest BCUT2D eigenvalue weighted by molar-refractivity contribution is 6.31. The predicted molar refractivity (Wildman–Crippen MR) is 116 cm³/mol. The van der Waals surface area contributed by atoms with Gasteiger partial charge in [0.05, 0.1) is 19.7 Å². The van der Waals surface area contributed by atoms with Crippen LogP contribution in [-0.2, 0) is 17.9 Å². The molecule has 0 aliphatic heterocycles. The van der Waals surface area contributed by atoms with Crippen molar-refractivity contribution in [1.29, 1.82) is 0 Å². The first kappa shape index (κ1) is 20.7. The van der Waals surface area contributed by atoms with Crippen molar-refractivity contribution in [3.05, 3.63) is 63.3 Å². The Hall–Kier alpha value is -3.59. The minimum Gasteiger partial charge on any atom is -0.493 e. The zero-order valence-electron chi connectivity index (χ0n) is 17.2. The van der Waals surface area contributed by atoms with Crippen molar-refractivity contribution >= 4 is 34.1 Å². The van der Waals surface area contributed by atoms with Crippen molar-refractivity contribution in [2.45, 2.75) is 20.0 Å². The zero-order chi connectivity index (χ0) is 22.1. The second kappa shape index (κ2) is 8.27. The molecule has 0 fully saturated rings. The van der Waals surface area contributed by atoms with Crippen LogP contribution in [0.2, 0.25) is 5.02 Å². The Morgan fingerprint density at radius 1 is 1.16 bits per heavy atom. The number of carbonyl (C=O) groups is 1. The van der Waals surface area contributed by atoms with Crippen LogP contribution in [-0.4, -0.2) is 39.3 Å². The van der Waals surface area contributed by atoms with E-state index >= 15 is 0 Å². The molecule has 9 nitrogen and oxygen atoms in total. The molecule has 4 aromatic rings. The summed E-state index contributed by atoms with van der Waals surface area (Å²) in [6.45, 7) is 1.72. The first-order valence-electron chi connectivity index (χ1n) is 9.45. The maximum atomic E-state index is 13.1. The summed E-state index contributed by atoms with van der Waals surface area (Å²) in [5, 5.41) is 8.15. The number of hydrogen-bond acceptors (Lipinski definition) is 6. The SMILES string of the molecule is COc1cc2c(cc1OC)n(CC(=O)NCc1ccccc1Cl)c(=O)n1nc(C)nc21. The van der Waals surface area contributed by atoms with E-state index in [2.05, 4.69) is 15.4 Å². The third-order valence-corrected chi connectivity index (χ3v) is 5.26. The fraction of sp³-hybridized carbons (Fsp3) is 0.238. The number of halogens is 1. The van der Waals surface area contributed by atoms with Crippen LogP contribution in [0.1, 0.15) is 11.4 Å². The molecule has 1 amide bonds. The molecular formula is C21H20ClN5O4. The Labute approximate surface area is 182 Å². The average molecular weight is 442 g/mol. The number of aryl methyl sites for hydroxylation is 1. The second-order valence-electron chi connectivity index (χ2n) is 6.86. The topological polar surface area (TPSA) is 99.8 Å². The highest BCUT2D eigenvalue weighted by atomic mass is 35.5. The van der Waals surface area contributed by atoms with Crippen molar-refractivity contribution in [1.82, 2.24) is 24.5 Å². The number of rotatable bonds is 6. The molecule has 0 bridgehead atoms. The van der Waals surface area contributed by atoms with E-state index in [1.165, 1.54) is 23.3 Å². The van der Waals surface area contributed by atoms with E-state index < -0.39 is 5.69 Å². The van der Waals surface area contributed by atoms with Gasteiger partial charge in [-0.3, -0.25) is 9.36 Å². The van der Waals surface area contributed by atoms with Gasteiger partial charge in [0, 0.05) is 23.0 Å². The predicted octanol–water partition coefficient (Wildman–Crippen LogP) is 2.34. The molecule has 0 spiro atoms. The standard InChI is InChI=1S/C21H20ClN5O4/c1-12-24-20-14-8-17(30-2)18(31-3)9-16(14)26(21(29)27(20)25-12)11-19(28)23-10-13-6-4-5-7-15(13)22/h4-9H,10-11H2,1-3H3,(H,23,28). The minimum absolute atomic E-state index is 0.218. The van der Waals surface area contributed by atoms with Crippen LogP contribution in [0.5, 0.6) is 11.5 Å². The maximum Gasteiger partial charge on any atom is 0.351 e. The number of aromatic nitrogens is 4. The fourth-order valence-electron chi connectivity index (χ4n) is 3.40. The van der Waals surface area contributed by atoms with E-state index in [-0.39, 0.29) is 19.0 Å². The van der Waals surface area contributed by atoms with Crippen LogP contribution < -0.4 is 20.5 Å². The Kier molecular flexibility index (Phi) is 5.51. The zero-order valence-corrected chi connectivity index (χ0v) is 17.9. The highest BCUT2D eigenvalue weighted by Gasteiger charge is 2.19. The van der Waals surface area contributed by atoms with Crippen molar-refractivity contribution in [3.63, 3.8) is 0 Å². The molecule has 4 rings (SSSR count). The van der Waals surface area contributed by atoms with Gasteiger partial charge in [-0.25, -0.2) is 9.78 Å². The van der Waals surface area contributed by atoms with Gasteiger partial charge in [0.15, 0.2) is 17.1 Å². The van der Waals surface area contributed by atoms with Crippen LogP contribution >= 0.6 is 11.6 Å². The lowest BCUT2D eigenvalue weighted by Crippen LogP contribution is -2.35. The van der Waals surface area contributed by atoms with Crippen LogP contribution in [0.4, 0.5) is 0 Å². The molecule has 0 unspecified atom stereocenters. The smallest absolute Gasteiger partial charge is 0.351 e. The Morgan fingerprint density at radius 3 is 2.58 bits per heavy atom. The number of carbonyl (C=O) groups excluding carboxylic acids is 1. The van der Waals surface area contributed by atoms with Crippen molar-refractivity contribution < 1.29 is 14.3 Å². The summed E-state index contributed by atoms with van der Waals surface area (Å²) in [6.07, 6.45) is 0. The van der Waals surface area contributed by atoms with Crippen molar-refractivity contribution in [2.75, 3.05) is 14.2 Å². The molecule has 2 heterocycles. The third kappa shape index (κ3) is 3.79. The van der Waals surface area contributed by atoms with Gasteiger partial charge in [-0.15, -0.1) is 5.10 Å². The van der Waals surface area contributed by atoms with Gasteiger partial charge in [0.25, 0.3) is 0 Å². The molecule has 31 heavy (non-hydrogen) atoms. The Balaban J connectivity index is 1.78. The number of nitrogens with one attached hydrogen (secondary N) is 1. The van der Waals surface area contributed by atoms with E-state index in [0.717, 1.165) is 5.56 Å². The summed E-state index contributed by atoms with van der Waals surface area (Å²) >= 11 is 6.15. The van der Waals surface area contributed by atoms with Gasteiger partial charge in [-0.1, -0.05) is 29.8 Å². The van der Waals surface area contributed by atoms with Crippen molar-refractivity contribution in [2.24, 2.45) is 0 Å². The molecule has 160 valence electrons. The lowest BCUT2D eigenvalue weighted by atomic mass is 10.2. The number of hydrogen-bond donors (Lipinski definition) is 1. The van der Waals surface area contributed by atoms with Crippen LogP contribution in [0, 0.1) is 6.92 Å².